The van der Waals surface area contributed by atoms with Crippen molar-refractivity contribution in [3.63, 3.8) is 0 Å². The standard InChI is InChI=1S/C17H26N2O8/c20-9-13(22)16(25)15(24)12(21)8-19-17(26)18-7-6-14(23)27-10-11-4-2-1-3-5-11/h1-5,12-13,15-16,20-22,24-25H,6-10H2,(H2,18,19,26). The molecule has 0 saturated heterocycles. The lowest BCUT2D eigenvalue weighted by molar-refractivity contribution is -0.144. The van der Waals surface area contributed by atoms with Crippen molar-refractivity contribution in [3.8, 4) is 0 Å². The highest BCUT2D eigenvalue weighted by Crippen LogP contribution is 2.04. The van der Waals surface area contributed by atoms with Crippen molar-refractivity contribution < 1.29 is 39.9 Å². The lowest BCUT2D eigenvalue weighted by Crippen LogP contribution is -2.50. The highest BCUT2D eigenvalue weighted by molar-refractivity contribution is 5.75. The van der Waals surface area contributed by atoms with Crippen LogP contribution in [0.1, 0.15) is 12.0 Å². The molecule has 27 heavy (non-hydrogen) atoms. The average molecular weight is 386 g/mol. The highest BCUT2D eigenvalue weighted by Gasteiger charge is 2.30. The molecule has 10 heteroatoms. The number of hydrogen-bond donors (Lipinski definition) is 7. The number of nitrogens with one attached hydrogen (secondary N) is 2. The van der Waals surface area contributed by atoms with Gasteiger partial charge in [0, 0.05) is 13.1 Å². The van der Waals surface area contributed by atoms with Gasteiger partial charge in [-0.05, 0) is 5.56 Å². The maximum atomic E-state index is 11.6. The van der Waals surface area contributed by atoms with Crippen LogP contribution in [0.4, 0.5) is 4.79 Å². The Morgan fingerprint density at radius 2 is 1.59 bits per heavy atom. The number of carbonyl (C=O) groups is 2. The van der Waals surface area contributed by atoms with Crippen LogP contribution in [-0.4, -0.2) is 81.6 Å². The Balaban J connectivity index is 2.18. The Labute approximate surface area is 156 Å². The minimum absolute atomic E-state index is 0.00393. The molecule has 0 aromatic heterocycles. The maximum absolute atomic E-state index is 11.6. The van der Waals surface area contributed by atoms with Crippen molar-refractivity contribution in [2.45, 2.75) is 37.4 Å². The molecule has 0 aliphatic rings. The zero-order chi connectivity index (χ0) is 20.2. The predicted molar refractivity (Wildman–Crippen MR) is 93.4 cm³/mol. The first kappa shape index (κ1) is 22.8. The van der Waals surface area contributed by atoms with E-state index in [1.165, 1.54) is 0 Å². The highest BCUT2D eigenvalue weighted by atomic mass is 16.5. The van der Waals surface area contributed by atoms with Crippen molar-refractivity contribution in [3.05, 3.63) is 35.9 Å². The van der Waals surface area contributed by atoms with Gasteiger partial charge < -0.3 is 40.9 Å². The van der Waals surface area contributed by atoms with Crippen LogP contribution in [0, 0.1) is 0 Å². The molecule has 0 aliphatic carbocycles. The van der Waals surface area contributed by atoms with E-state index in [9.17, 15) is 30.0 Å². The quantitative estimate of drug-likeness (QED) is 0.211. The number of esters is 1. The molecule has 10 nitrogen and oxygen atoms in total. The van der Waals surface area contributed by atoms with Crippen molar-refractivity contribution in [2.75, 3.05) is 19.7 Å². The van der Waals surface area contributed by atoms with Crippen LogP contribution in [0.3, 0.4) is 0 Å². The molecule has 0 radical (unpaired) electrons. The van der Waals surface area contributed by atoms with E-state index in [0.717, 1.165) is 5.56 Å². The predicted octanol–water partition coefficient (Wildman–Crippen LogP) is -2.14. The number of aliphatic hydroxyl groups is 5. The van der Waals surface area contributed by atoms with Gasteiger partial charge >= 0.3 is 12.0 Å². The first-order chi connectivity index (χ1) is 12.8. The van der Waals surface area contributed by atoms with Gasteiger partial charge in [0.25, 0.3) is 0 Å². The Morgan fingerprint density at radius 1 is 0.963 bits per heavy atom. The first-order valence-corrected chi connectivity index (χ1v) is 8.39. The van der Waals surface area contributed by atoms with Crippen molar-refractivity contribution >= 4 is 12.0 Å². The van der Waals surface area contributed by atoms with Gasteiger partial charge in [0.1, 0.15) is 24.9 Å². The summed E-state index contributed by atoms with van der Waals surface area (Å²) in [5.41, 5.74) is 0.845. The van der Waals surface area contributed by atoms with Crippen molar-refractivity contribution in [1.82, 2.24) is 10.6 Å². The summed E-state index contributed by atoms with van der Waals surface area (Å²) >= 11 is 0. The monoisotopic (exact) mass is 386 g/mol. The van der Waals surface area contributed by atoms with E-state index in [1.54, 1.807) is 0 Å². The minimum atomic E-state index is -1.77. The lowest BCUT2D eigenvalue weighted by Gasteiger charge is -2.25. The fourth-order valence-electron chi connectivity index (χ4n) is 2.03. The van der Waals surface area contributed by atoms with E-state index >= 15 is 0 Å². The second kappa shape index (κ2) is 12.2. The number of amides is 2. The summed E-state index contributed by atoms with van der Waals surface area (Å²) in [6.07, 6.45) is -6.77. The summed E-state index contributed by atoms with van der Waals surface area (Å²) < 4.78 is 5.04. The molecule has 0 heterocycles. The van der Waals surface area contributed by atoms with Crippen molar-refractivity contribution in [1.29, 1.82) is 0 Å². The summed E-state index contributed by atoms with van der Waals surface area (Å²) in [7, 11) is 0. The summed E-state index contributed by atoms with van der Waals surface area (Å²) in [4.78, 5) is 23.2. The first-order valence-electron chi connectivity index (χ1n) is 8.39. The topological polar surface area (TPSA) is 169 Å². The minimum Gasteiger partial charge on any atom is -0.461 e. The molecule has 2 amide bonds. The van der Waals surface area contributed by atoms with Crippen molar-refractivity contribution in [2.24, 2.45) is 0 Å². The molecule has 0 fully saturated rings. The number of carbonyl (C=O) groups excluding carboxylic acids is 2. The lowest BCUT2D eigenvalue weighted by atomic mass is 10.0. The number of benzene rings is 1. The second-order valence-corrected chi connectivity index (χ2v) is 5.83. The Kier molecular flexibility index (Phi) is 10.3. The number of hydrogen-bond acceptors (Lipinski definition) is 8. The van der Waals surface area contributed by atoms with Crippen LogP contribution in [-0.2, 0) is 16.1 Å². The van der Waals surface area contributed by atoms with E-state index in [2.05, 4.69) is 10.6 Å². The molecule has 4 atom stereocenters. The smallest absolute Gasteiger partial charge is 0.314 e. The molecular formula is C17H26N2O8. The van der Waals surface area contributed by atoms with Gasteiger partial charge in [0.2, 0.25) is 0 Å². The van der Waals surface area contributed by atoms with Gasteiger partial charge in [0.15, 0.2) is 0 Å². The van der Waals surface area contributed by atoms with E-state index in [0.29, 0.717) is 0 Å². The summed E-state index contributed by atoms with van der Waals surface area (Å²) in [6, 6.07) is 8.42. The van der Waals surface area contributed by atoms with Gasteiger partial charge in [-0.25, -0.2) is 4.79 Å². The molecule has 1 aromatic rings. The number of aliphatic hydroxyl groups excluding tert-OH is 5. The van der Waals surface area contributed by atoms with E-state index < -0.39 is 49.6 Å². The van der Waals surface area contributed by atoms with Crippen LogP contribution >= 0.6 is 0 Å². The molecule has 0 spiro atoms. The second-order valence-electron chi connectivity index (χ2n) is 5.83. The van der Waals surface area contributed by atoms with Gasteiger partial charge in [-0.3, -0.25) is 4.79 Å². The number of urea groups is 1. The zero-order valence-corrected chi connectivity index (χ0v) is 14.7. The Morgan fingerprint density at radius 3 is 2.22 bits per heavy atom. The summed E-state index contributed by atoms with van der Waals surface area (Å²) in [5.74, 6) is -0.490. The van der Waals surface area contributed by atoms with Crippen LogP contribution in [0.5, 0.6) is 0 Å². The fourth-order valence-corrected chi connectivity index (χ4v) is 2.03. The van der Waals surface area contributed by atoms with Crippen LogP contribution in [0.25, 0.3) is 0 Å². The summed E-state index contributed by atoms with van der Waals surface area (Å²) in [5, 5.41) is 51.2. The van der Waals surface area contributed by atoms with Crippen LogP contribution < -0.4 is 10.6 Å². The Hall–Kier alpha value is -2.24. The van der Waals surface area contributed by atoms with Gasteiger partial charge in [-0.1, -0.05) is 30.3 Å². The zero-order valence-electron chi connectivity index (χ0n) is 14.7. The average Bonchev–Trinajstić information content (AvgIpc) is 2.69. The third kappa shape index (κ3) is 8.80. The molecule has 1 aromatic carbocycles. The number of rotatable bonds is 11. The largest absolute Gasteiger partial charge is 0.461 e. The Bertz CT molecular complexity index is 571. The molecule has 0 bridgehead atoms. The molecule has 0 saturated carbocycles. The molecule has 7 N–H and O–H groups in total. The third-order valence-corrected chi connectivity index (χ3v) is 3.65. The third-order valence-electron chi connectivity index (χ3n) is 3.65. The van der Waals surface area contributed by atoms with E-state index in [1.807, 2.05) is 30.3 Å². The van der Waals surface area contributed by atoms with Crippen LogP contribution in [0.2, 0.25) is 0 Å². The SMILES string of the molecule is O=C(NCCC(=O)OCc1ccccc1)NCC(O)C(O)C(O)C(O)CO. The fraction of sp³-hybridized carbons (Fsp3) is 0.529. The normalized spacial score (nSPS) is 15.3. The van der Waals surface area contributed by atoms with Gasteiger partial charge in [0.05, 0.1) is 19.1 Å². The van der Waals surface area contributed by atoms with Gasteiger partial charge in [-0.15, -0.1) is 0 Å². The molecule has 152 valence electrons. The van der Waals surface area contributed by atoms with E-state index in [4.69, 9.17) is 9.84 Å². The molecule has 0 aliphatic heterocycles. The maximum Gasteiger partial charge on any atom is 0.314 e. The summed E-state index contributed by atoms with van der Waals surface area (Å²) in [6.45, 7) is -1.07. The van der Waals surface area contributed by atoms with E-state index in [-0.39, 0.29) is 19.6 Å². The van der Waals surface area contributed by atoms with Gasteiger partial charge in [-0.2, -0.15) is 0 Å². The molecular weight excluding hydrogens is 360 g/mol. The molecule has 4 unspecified atom stereocenters. The number of ether oxygens (including phenoxy) is 1. The molecule has 1 rings (SSSR count). The van der Waals surface area contributed by atoms with Crippen LogP contribution in [0.15, 0.2) is 30.3 Å².